The molecule has 1 aliphatic heterocycles. The number of carbonyl (C=O) groups is 1. The number of nitrogens with one attached hydrogen (secondary N) is 1. The normalized spacial score (nSPS) is 14.9. The van der Waals surface area contributed by atoms with Crippen molar-refractivity contribution < 1.29 is 22.7 Å². The van der Waals surface area contributed by atoms with Crippen LogP contribution in [0.3, 0.4) is 0 Å². The average molecular weight is 651 g/mol. The molecule has 1 aromatic heterocycles. The van der Waals surface area contributed by atoms with Crippen LogP contribution in [0.25, 0.3) is 17.1 Å². The molecule has 2 amide bonds. The number of alkyl halides is 3. The second-order valence-corrected chi connectivity index (χ2v) is 12.3. The molecule has 46 heavy (non-hydrogen) atoms. The number of aryl methyl sites for hydroxylation is 2. The van der Waals surface area contributed by atoms with Gasteiger partial charge in [0.25, 0.3) is 0 Å². The van der Waals surface area contributed by atoms with Crippen LogP contribution in [0.15, 0.2) is 78.0 Å². The Bertz CT molecular complexity index is 1650. The van der Waals surface area contributed by atoms with Gasteiger partial charge in [0.2, 0.25) is 0 Å². The molecule has 0 spiro atoms. The highest BCUT2D eigenvalue weighted by Gasteiger charge is 2.31. The van der Waals surface area contributed by atoms with E-state index in [1.54, 1.807) is 11.8 Å². The quantitative estimate of drug-likeness (QED) is 0.165. The van der Waals surface area contributed by atoms with Crippen molar-refractivity contribution >= 4 is 28.6 Å². The van der Waals surface area contributed by atoms with E-state index >= 15 is 0 Å². The number of amidine groups is 1. The number of halogens is 3. The van der Waals surface area contributed by atoms with Gasteiger partial charge < -0.3 is 15.0 Å². The number of nitrogens with zero attached hydrogens (tertiary/aromatic N) is 5. The number of ether oxygens (including phenoxy) is 1. The summed E-state index contributed by atoms with van der Waals surface area (Å²) in [6, 6.07) is 19.6. The molecule has 1 saturated heterocycles. The Morgan fingerprint density at radius 3 is 2.59 bits per heavy atom. The number of thioether (sulfide) groups is 1. The average Bonchev–Trinajstić information content (AvgIpc) is 3.70. The minimum absolute atomic E-state index is 0.277. The summed E-state index contributed by atoms with van der Waals surface area (Å²) in [7, 11) is 0. The highest BCUT2D eigenvalue weighted by molar-refractivity contribution is 8.14. The molecule has 2 heterocycles. The van der Waals surface area contributed by atoms with Crippen LogP contribution in [0.2, 0.25) is 0 Å². The number of aromatic nitrogens is 3. The molecule has 8 nitrogen and oxygen atoms in total. The molecule has 3 aromatic carbocycles. The Balaban J connectivity index is 1.10. The molecule has 1 aliphatic rings. The lowest BCUT2D eigenvalue weighted by atomic mass is 9.95. The Labute approximate surface area is 271 Å². The first-order valence-corrected chi connectivity index (χ1v) is 16.3. The van der Waals surface area contributed by atoms with Gasteiger partial charge in [0, 0.05) is 30.1 Å². The fourth-order valence-electron chi connectivity index (χ4n) is 5.30. The third-order valence-corrected chi connectivity index (χ3v) is 8.64. The van der Waals surface area contributed by atoms with Crippen molar-refractivity contribution in [3.8, 4) is 22.8 Å². The minimum Gasteiger partial charge on any atom is -0.406 e. The highest BCUT2D eigenvalue weighted by Crippen LogP contribution is 2.31. The molecule has 1 atom stereocenters. The minimum atomic E-state index is -4.74. The Morgan fingerprint density at radius 2 is 1.87 bits per heavy atom. The maximum absolute atomic E-state index is 12.7. The molecule has 0 aliphatic carbocycles. The van der Waals surface area contributed by atoms with Gasteiger partial charge in [-0.3, -0.25) is 0 Å². The smallest absolute Gasteiger partial charge is 0.406 e. The first-order chi connectivity index (χ1) is 22.1. The van der Waals surface area contributed by atoms with Crippen molar-refractivity contribution in [2.45, 2.75) is 58.7 Å². The number of anilines is 1. The molecule has 1 N–H and O–H groups in total. The van der Waals surface area contributed by atoms with E-state index in [1.165, 1.54) is 46.4 Å². The van der Waals surface area contributed by atoms with Crippen LogP contribution in [-0.2, 0) is 6.42 Å². The van der Waals surface area contributed by atoms with E-state index in [2.05, 4.69) is 69.0 Å². The molecular weight excluding hydrogens is 613 g/mol. The summed E-state index contributed by atoms with van der Waals surface area (Å²) < 4.78 is 42.7. The van der Waals surface area contributed by atoms with Crippen molar-refractivity contribution in [1.29, 1.82) is 0 Å². The third-order valence-electron chi connectivity index (χ3n) is 7.68. The largest absolute Gasteiger partial charge is 0.573 e. The van der Waals surface area contributed by atoms with Gasteiger partial charge in [-0.2, -0.15) is 4.99 Å². The maximum atomic E-state index is 12.7. The summed E-state index contributed by atoms with van der Waals surface area (Å²) >= 11 is 1.62. The number of hydrogen-bond donors (Lipinski definition) is 1. The van der Waals surface area contributed by atoms with E-state index in [0.29, 0.717) is 18.1 Å². The summed E-state index contributed by atoms with van der Waals surface area (Å²) in [6.07, 6.45) is 0.524. The Morgan fingerprint density at radius 1 is 1.11 bits per heavy atom. The molecule has 0 saturated carbocycles. The molecule has 5 rings (SSSR count). The standard InChI is InChI=1S/C34H37F3N6O2S/c1-4-6-26-9-8-23(2)21-30(26)42-19-20-46-33(42)40-32(44)38-18-5-7-24(3)25-10-12-27(13-11-25)31-39-22-43(41-31)28-14-16-29(17-15-28)45-34(35,36)37/h8-17,21-22,24H,4-7,18-20H2,1-3H3,(H,38,44)/b40-33-. The van der Waals surface area contributed by atoms with E-state index in [9.17, 15) is 18.0 Å². The summed E-state index contributed by atoms with van der Waals surface area (Å²) in [6.45, 7) is 7.79. The molecule has 1 fully saturated rings. The van der Waals surface area contributed by atoms with Crippen LogP contribution in [0.4, 0.5) is 23.7 Å². The van der Waals surface area contributed by atoms with Gasteiger partial charge >= 0.3 is 12.4 Å². The second kappa shape index (κ2) is 14.8. The number of rotatable bonds is 11. The van der Waals surface area contributed by atoms with E-state index < -0.39 is 6.36 Å². The zero-order valence-electron chi connectivity index (χ0n) is 26.1. The predicted octanol–water partition coefficient (Wildman–Crippen LogP) is 8.30. The Kier molecular flexibility index (Phi) is 10.7. The van der Waals surface area contributed by atoms with Crippen molar-refractivity contribution in [3.63, 3.8) is 0 Å². The summed E-state index contributed by atoms with van der Waals surface area (Å²) in [5.74, 6) is 1.38. The molecule has 0 radical (unpaired) electrons. The van der Waals surface area contributed by atoms with Crippen molar-refractivity contribution in [1.82, 2.24) is 20.1 Å². The fraction of sp³-hybridized carbons (Fsp3) is 0.353. The van der Waals surface area contributed by atoms with Gasteiger partial charge in [-0.15, -0.1) is 18.3 Å². The van der Waals surface area contributed by atoms with Gasteiger partial charge in [-0.05, 0) is 79.1 Å². The van der Waals surface area contributed by atoms with Crippen LogP contribution in [0.5, 0.6) is 5.75 Å². The highest BCUT2D eigenvalue weighted by atomic mass is 32.2. The lowest BCUT2D eigenvalue weighted by Gasteiger charge is -2.22. The summed E-state index contributed by atoms with van der Waals surface area (Å²) in [5.41, 5.74) is 6.17. The second-order valence-electron chi connectivity index (χ2n) is 11.2. The lowest BCUT2D eigenvalue weighted by Crippen LogP contribution is -2.28. The van der Waals surface area contributed by atoms with Crippen molar-refractivity contribution in [2.75, 3.05) is 23.7 Å². The van der Waals surface area contributed by atoms with Crippen LogP contribution in [0, 0.1) is 6.92 Å². The molecule has 242 valence electrons. The van der Waals surface area contributed by atoms with Gasteiger partial charge in [0.05, 0.1) is 5.69 Å². The van der Waals surface area contributed by atoms with Gasteiger partial charge in [0.15, 0.2) is 11.0 Å². The first kappa shape index (κ1) is 33.1. The van der Waals surface area contributed by atoms with E-state index in [1.807, 2.05) is 24.3 Å². The number of carbonyl (C=O) groups excluding carboxylic acids is 1. The van der Waals surface area contributed by atoms with Crippen molar-refractivity contribution in [3.05, 3.63) is 89.7 Å². The first-order valence-electron chi connectivity index (χ1n) is 15.3. The Hall–Kier alpha value is -4.32. The van der Waals surface area contributed by atoms with E-state index in [-0.39, 0.29) is 17.7 Å². The molecule has 12 heteroatoms. The molecule has 4 aromatic rings. The van der Waals surface area contributed by atoms with Gasteiger partial charge in [-0.25, -0.2) is 14.5 Å². The number of benzene rings is 3. The third kappa shape index (κ3) is 8.68. The molecular formula is C34H37F3N6O2S. The van der Waals surface area contributed by atoms with Crippen LogP contribution in [0.1, 0.15) is 55.7 Å². The fourth-order valence-corrected chi connectivity index (χ4v) is 6.25. The summed E-state index contributed by atoms with van der Waals surface area (Å²) in [5, 5.41) is 8.18. The van der Waals surface area contributed by atoms with E-state index in [4.69, 9.17) is 0 Å². The van der Waals surface area contributed by atoms with Gasteiger partial charge in [0.1, 0.15) is 12.1 Å². The SMILES string of the molecule is CCCc1ccc(C)cc1N1CCS/C1=N\C(=O)NCCCC(C)c1ccc(-c2ncn(-c3ccc(OC(F)(F)F)cc3)n2)cc1. The molecule has 0 bridgehead atoms. The summed E-state index contributed by atoms with van der Waals surface area (Å²) in [4.78, 5) is 23.6. The van der Waals surface area contributed by atoms with Crippen LogP contribution in [-0.4, -0.2) is 51.2 Å². The number of aliphatic imine (C=N–C) groups is 1. The maximum Gasteiger partial charge on any atom is 0.573 e. The van der Waals surface area contributed by atoms with Crippen molar-refractivity contribution in [2.24, 2.45) is 4.99 Å². The zero-order chi connectivity index (χ0) is 32.7. The van der Waals surface area contributed by atoms with E-state index in [0.717, 1.165) is 60.0 Å². The number of hydrogen-bond acceptors (Lipinski definition) is 5. The lowest BCUT2D eigenvalue weighted by molar-refractivity contribution is -0.274. The monoisotopic (exact) mass is 650 g/mol. The van der Waals surface area contributed by atoms with Crippen LogP contribution >= 0.6 is 11.8 Å². The topological polar surface area (TPSA) is 84.6 Å². The number of amides is 2. The molecule has 1 unspecified atom stereocenters. The number of urea groups is 1. The van der Waals surface area contributed by atoms with Crippen LogP contribution < -0.4 is 15.0 Å². The van der Waals surface area contributed by atoms with Gasteiger partial charge in [-0.1, -0.05) is 68.4 Å². The zero-order valence-corrected chi connectivity index (χ0v) is 26.9. The predicted molar refractivity (Wildman–Crippen MR) is 177 cm³/mol.